The zero-order valence-electron chi connectivity index (χ0n) is 9.28. The van der Waals surface area contributed by atoms with Crippen LogP contribution in [0.15, 0.2) is 24.4 Å². The first-order chi connectivity index (χ1) is 8.61. The minimum atomic E-state index is -0.508. The van der Waals surface area contributed by atoms with Gasteiger partial charge in [-0.3, -0.25) is 10.1 Å². The highest BCUT2D eigenvalue weighted by Gasteiger charge is 2.17. The number of nitro groups is 1. The normalized spacial score (nSPS) is 10.6. The van der Waals surface area contributed by atoms with Crippen molar-refractivity contribution in [3.05, 3.63) is 45.2 Å². The lowest BCUT2D eigenvalue weighted by atomic mass is 10.2. The Kier molecular flexibility index (Phi) is 3.54. The fraction of sp³-hybridized carbons (Fsp3) is 0.200. The minimum Gasteiger partial charge on any atom is -0.330 e. The van der Waals surface area contributed by atoms with Gasteiger partial charge in [0, 0.05) is 17.5 Å². The highest BCUT2D eigenvalue weighted by molar-refractivity contribution is 6.30. The van der Waals surface area contributed by atoms with Crippen molar-refractivity contribution < 1.29 is 4.92 Å². The summed E-state index contributed by atoms with van der Waals surface area (Å²) in [4.78, 5) is 10.4. The molecule has 1 heterocycles. The second-order valence-corrected chi connectivity index (χ2v) is 4.02. The van der Waals surface area contributed by atoms with Crippen LogP contribution in [0.1, 0.15) is 5.69 Å². The fourth-order valence-corrected chi connectivity index (χ4v) is 1.68. The standard InChI is InChI=1S/C10H10ClN5O2/c11-7-1-2-9(10(5-7)16(17)18)15-6-8(3-4-12)13-14-15/h1-2,5-6H,3-4,12H2. The van der Waals surface area contributed by atoms with Gasteiger partial charge in [0.2, 0.25) is 0 Å². The molecule has 2 rings (SSSR count). The molecule has 0 radical (unpaired) electrons. The first-order valence-electron chi connectivity index (χ1n) is 5.17. The van der Waals surface area contributed by atoms with Crippen molar-refractivity contribution >= 4 is 17.3 Å². The van der Waals surface area contributed by atoms with Gasteiger partial charge in [-0.25, -0.2) is 4.68 Å². The van der Waals surface area contributed by atoms with Gasteiger partial charge in [-0.2, -0.15) is 0 Å². The monoisotopic (exact) mass is 267 g/mol. The maximum absolute atomic E-state index is 10.9. The number of hydrogen-bond donors (Lipinski definition) is 1. The minimum absolute atomic E-state index is 0.119. The van der Waals surface area contributed by atoms with E-state index in [2.05, 4.69) is 10.3 Å². The number of hydrogen-bond acceptors (Lipinski definition) is 5. The van der Waals surface area contributed by atoms with Crippen molar-refractivity contribution in [3.63, 3.8) is 0 Å². The van der Waals surface area contributed by atoms with Crippen LogP contribution in [0, 0.1) is 10.1 Å². The molecule has 0 fully saturated rings. The van der Waals surface area contributed by atoms with E-state index in [0.717, 1.165) is 0 Å². The molecule has 8 heteroatoms. The summed E-state index contributed by atoms with van der Waals surface area (Å²) >= 11 is 5.74. The molecule has 2 N–H and O–H groups in total. The molecule has 0 aliphatic heterocycles. The Bertz CT molecular complexity index is 583. The van der Waals surface area contributed by atoms with Gasteiger partial charge in [-0.1, -0.05) is 16.8 Å². The van der Waals surface area contributed by atoms with E-state index >= 15 is 0 Å². The van der Waals surface area contributed by atoms with Crippen LogP contribution in [0.3, 0.4) is 0 Å². The van der Waals surface area contributed by atoms with E-state index in [0.29, 0.717) is 29.4 Å². The number of rotatable bonds is 4. The maximum Gasteiger partial charge on any atom is 0.296 e. The molecule has 7 nitrogen and oxygen atoms in total. The lowest BCUT2D eigenvalue weighted by Gasteiger charge is -2.01. The van der Waals surface area contributed by atoms with E-state index in [1.807, 2.05) is 0 Å². The lowest BCUT2D eigenvalue weighted by Crippen LogP contribution is -2.02. The van der Waals surface area contributed by atoms with E-state index in [1.54, 1.807) is 12.3 Å². The van der Waals surface area contributed by atoms with Crippen molar-refractivity contribution in [2.45, 2.75) is 6.42 Å². The summed E-state index contributed by atoms with van der Waals surface area (Å²) in [5.74, 6) is 0. The molecule has 0 saturated heterocycles. The lowest BCUT2D eigenvalue weighted by molar-refractivity contribution is -0.384. The highest BCUT2D eigenvalue weighted by atomic mass is 35.5. The van der Waals surface area contributed by atoms with E-state index in [9.17, 15) is 10.1 Å². The average molecular weight is 268 g/mol. The highest BCUT2D eigenvalue weighted by Crippen LogP contribution is 2.25. The molecule has 0 spiro atoms. The van der Waals surface area contributed by atoms with Crippen LogP contribution in [0.4, 0.5) is 5.69 Å². The van der Waals surface area contributed by atoms with Gasteiger partial charge >= 0.3 is 0 Å². The first kappa shape index (κ1) is 12.5. The van der Waals surface area contributed by atoms with Crippen molar-refractivity contribution in [2.75, 3.05) is 6.54 Å². The van der Waals surface area contributed by atoms with E-state index in [1.165, 1.54) is 16.8 Å². The van der Waals surface area contributed by atoms with Crippen molar-refractivity contribution in [1.29, 1.82) is 0 Å². The largest absolute Gasteiger partial charge is 0.330 e. The van der Waals surface area contributed by atoms with Crippen LogP contribution in [0.2, 0.25) is 5.02 Å². The number of nitro benzene ring substituents is 1. The summed E-state index contributed by atoms with van der Waals surface area (Å²) in [6.07, 6.45) is 2.19. The molecule has 18 heavy (non-hydrogen) atoms. The molecule has 94 valence electrons. The summed E-state index contributed by atoms with van der Waals surface area (Å²) in [5, 5.41) is 19.0. The van der Waals surface area contributed by atoms with Crippen LogP contribution in [-0.4, -0.2) is 26.5 Å². The second-order valence-electron chi connectivity index (χ2n) is 3.58. The van der Waals surface area contributed by atoms with Gasteiger partial charge in [0.25, 0.3) is 5.69 Å². The van der Waals surface area contributed by atoms with Gasteiger partial charge in [0.05, 0.1) is 16.8 Å². The summed E-state index contributed by atoms with van der Waals surface area (Å²) < 4.78 is 1.35. The summed E-state index contributed by atoms with van der Waals surface area (Å²) in [6, 6.07) is 4.37. The van der Waals surface area contributed by atoms with Crippen LogP contribution in [-0.2, 0) is 6.42 Å². The molecular weight excluding hydrogens is 258 g/mol. The number of halogens is 1. The molecular formula is C10H10ClN5O2. The van der Waals surface area contributed by atoms with Gasteiger partial charge in [-0.05, 0) is 18.7 Å². The molecule has 1 aromatic heterocycles. The summed E-state index contributed by atoms with van der Waals surface area (Å²) in [7, 11) is 0. The number of aromatic nitrogens is 3. The molecule has 0 saturated carbocycles. The quantitative estimate of drug-likeness (QED) is 0.665. The average Bonchev–Trinajstić information content (AvgIpc) is 2.78. The van der Waals surface area contributed by atoms with Crippen molar-refractivity contribution in [2.24, 2.45) is 5.73 Å². The van der Waals surface area contributed by atoms with Crippen molar-refractivity contribution in [3.8, 4) is 5.69 Å². The van der Waals surface area contributed by atoms with Crippen LogP contribution < -0.4 is 5.73 Å². The van der Waals surface area contributed by atoms with Crippen LogP contribution in [0.5, 0.6) is 0 Å². The smallest absolute Gasteiger partial charge is 0.296 e. The van der Waals surface area contributed by atoms with Gasteiger partial charge in [0.15, 0.2) is 0 Å². The Morgan fingerprint density at radius 1 is 1.50 bits per heavy atom. The Balaban J connectivity index is 2.45. The van der Waals surface area contributed by atoms with E-state index in [4.69, 9.17) is 17.3 Å². The summed E-state index contributed by atoms with van der Waals surface area (Å²) in [5.41, 5.74) is 6.29. The fourth-order valence-electron chi connectivity index (χ4n) is 1.52. The molecule has 0 amide bonds. The van der Waals surface area contributed by atoms with Gasteiger partial charge in [0.1, 0.15) is 5.69 Å². The van der Waals surface area contributed by atoms with Crippen LogP contribution >= 0.6 is 11.6 Å². The van der Waals surface area contributed by atoms with E-state index in [-0.39, 0.29) is 5.69 Å². The SMILES string of the molecule is NCCc1cn(-c2ccc(Cl)cc2[N+](=O)[O-])nn1. The predicted octanol–water partition coefficient (Wildman–Crippen LogP) is 1.33. The third-order valence-electron chi connectivity index (χ3n) is 2.32. The summed E-state index contributed by atoms with van der Waals surface area (Å²) in [6.45, 7) is 0.446. The number of benzene rings is 1. The Labute approximate surface area is 107 Å². The molecule has 2 aromatic rings. The van der Waals surface area contributed by atoms with Gasteiger partial charge < -0.3 is 5.73 Å². The topological polar surface area (TPSA) is 99.9 Å². The van der Waals surface area contributed by atoms with E-state index < -0.39 is 4.92 Å². The Morgan fingerprint density at radius 2 is 2.28 bits per heavy atom. The molecule has 0 atom stereocenters. The third kappa shape index (κ3) is 2.47. The molecule has 0 bridgehead atoms. The van der Waals surface area contributed by atoms with Crippen LogP contribution in [0.25, 0.3) is 5.69 Å². The zero-order chi connectivity index (χ0) is 13.1. The molecule has 0 aliphatic carbocycles. The predicted molar refractivity (Wildman–Crippen MR) is 65.8 cm³/mol. The van der Waals surface area contributed by atoms with Gasteiger partial charge in [-0.15, -0.1) is 5.10 Å². The molecule has 0 unspecified atom stereocenters. The zero-order valence-corrected chi connectivity index (χ0v) is 10.0. The Morgan fingerprint density at radius 3 is 2.94 bits per heavy atom. The molecule has 0 aliphatic rings. The second kappa shape index (κ2) is 5.11. The third-order valence-corrected chi connectivity index (χ3v) is 2.56. The maximum atomic E-state index is 10.9. The number of nitrogens with two attached hydrogens (primary N) is 1. The first-order valence-corrected chi connectivity index (χ1v) is 5.55. The van der Waals surface area contributed by atoms with Crippen molar-refractivity contribution in [1.82, 2.24) is 15.0 Å². The molecule has 1 aromatic carbocycles. The Hall–Kier alpha value is -1.99. The number of nitrogens with zero attached hydrogens (tertiary/aromatic N) is 4.